The number of nitrogens with zero attached hydrogens (tertiary/aromatic N) is 3. The standard InChI is InChI=1S/C22H25F3N6O/c1-13-9-15(6-8-31(13)12-16-4-3-14(10-28-16)22(23,24)25)30-19-17-5-7-27-20(17)29-11-18(19)21(32)26-2/h3-5,7,10-11,13,15H,6,8-9,12H2,1-2H3,(H,26,32)(H2,27,29,30)/t13-,15-/m0/s1. The van der Waals surface area contributed by atoms with Crippen LogP contribution in [0, 0.1) is 0 Å². The van der Waals surface area contributed by atoms with Crippen molar-refractivity contribution in [2.24, 2.45) is 0 Å². The molecule has 3 N–H and O–H groups in total. The second-order valence-electron chi connectivity index (χ2n) is 8.09. The molecule has 1 aliphatic heterocycles. The normalized spacial score (nSPS) is 19.8. The Morgan fingerprint density at radius 1 is 1.25 bits per heavy atom. The minimum Gasteiger partial charge on any atom is -0.381 e. The van der Waals surface area contributed by atoms with Gasteiger partial charge in [-0.3, -0.25) is 14.7 Å². The largest absolute Gasteiger partial charge is 0.417 e. The van der Waals surface area contributed by atoms with Crippen molar-refractivity contribution in [3.05, 3.63) is 53.6 Å². The fourth-order valence-corrected chi connectivity index (χ4v) is 4.15. The smallest absolute Gasteiger partial charge is 0.381 e. The van der Waals surface area contributed by atoms with Crippen LogP contribution in [0.4, 0.5) is 18.9 Å². The maximum absolute atomic E-state index is 12.8. The van der Waals surface area contributed by atoms with Gasteiger partial charge in [0.05, 0.1) is 22.5 Å². The van der Waals surface area contributed by atoms with Crippen molar-refractivity contribution in [2.75, 3.05) is 18.9 Å². The van der Waals surface area contributed by atoms with Crippen LogP contribution in [0.2, 0.25) is 0 Å². The molecule has 4 rings (SSSR count). The third kappa shape index (κ3) is 4.55. The van der Waals surface area contributed by atoms with Gasteiger partial charge in [-0.2, -0.15) is 13.2 Å². The van der Waals surface area contributed by atoms with Gasteiger partial charge in [-0.25, -0.2) is 4.98 Å². The summed E-state index contributed by atoms with van der Waals surface area (Å²) in [4.78, 5) is 26.0. The lowest BCUT2D eigenvalue weighted by molar-refractivity contribution is -0.137. The van der Waals surface area contributed by atoms with Gasteiger partial charge in [0.15, 0.2) is 0 Å². The van der Waals surface area contributed by atoms with E-state index in [0.29, 0.717) is 23.4 Å². The first-order valence-electron chi connectivity index (χ1n) is 10.5. The Balaban J connectivity index is 1.44. The molecule has 32 heavy (non-hydrogen) atoms. The average molecular weight is 446 g/mol. The Bertz CT molecular complexity index is 1100. The van der Waals surface area contributed by atoms with Gasteiger partial charge in [-0.05, 0) is 38.0 Å². The molecule has 10 heteroatoms. The van der Waals surface area contributed by atoms with E-state index in [1.54, 1.807) is 19.4 Å². The van der Waals surface area contributed by atoms with E-state index >= 15 is 0 Å². The molecule has 1 saturated heterocycles. The highest BCUT2D eigenvalue weighted by Gasteiger charge is 2.31. The number of H-pyrrole nitrogens is 1. The van der Waals surface area contributed by atoms with Gasteiger partial charge >= 0.3 is 6.18 Å². The third-order valence-electron chi connectivity index (χ3n) is 5.94. The summed E-state index contributed by atoms with van der Waals surface area (Å²) in [6.07, 6.45) is 1.51. The molecule has 0 aromatic carbocycles. The molecule has 0 aliphatic carbocycles. The third-order valence-corrected chi connectivity index (χ3v) is 5.94. The van der Waals surface area contributed by atoms with Crippen molar-refractivity contribution in [1.29, 1.82) is 0 Å². The number of anilines is 1. The fraction of sp³-hybridized carbons (Fsp3) is 0.409. The van der Waals surface area contributed by atoms with Crippen LogP contribution in [0.3, 0.4) is 0 Å². The summed E-state index contributed by atoms with van der Waals surface area (Å²) < 4.78 is 38.3. The second kappa shape index (κ2) is 8.78. The predicted octanol–water partition coefficient (Wildman–Crippen LogP) is 3.80. The lowest BCUT2D eigenvalue weighted by Gasteiger charge is -2.38. The van der Waals surface area contributed by atoms with Crippen molar-refractivity contribution in [3.63, 3.8) is 0 Å². The van der Waals surface area contributed by atoms with Gasteiger partial charge < -0.3 is 15.6 Å². The Morgan fingerprint density at radius 3 is 2.72 bits per heavy atom. The second-order valence-corrected chi connectivity index (χ2v) is 8.09. The summed E-state index contributed by atoms with van der Waals surface area (Å²) in [6.45, 7) is 3.35. The van der Waals surface area contributed by atoms with E-state index in [0.717, 1.165) is 42.7 Å². The zero-order chi connectivity index (χ0) is 22.9. The van der Waals surface area contributed by atoms with Crippen molar-refractivity contribution in [3.8, 4) is 0 Å². The van der Waals surface area contributed by atoms with Gasteiger partial charge in [0.1, 0.15) is 5.65 Å². The van der Waals surface area contributed by atoms with E-state index in [1.807, 2.05) is 6.07 Å². The highest BCUT2D eigenvalue weighted by molar-refractivity contribution is 6.06. The molecule has 1 amide bonds. The number of nitrogens with one attached hydrogen (secondary N) is 3. The molecule has 3 aromatic rings. The van der Waals surface area contributed by atoms with Crippen LogP contribution in [0.5, 0.6) is 0 Å². The van der Waals surface area contributed by atoms with Gasteiger partial charge in [0.25, 0.3) is 5.91 Å². The molecular formula is C22H25F3N6O. The topological polar surface area (TPSA) is 85.9 Å². The number of pyridine rings is 2. The first kappa shape index (κ1) is 22.1. The van der Waals surface area contributed by atoms with Crippen LogP contribution in [0.1, 0.15) is 41.4 Å². The van der Waals surface area contributed by atoms with E-state index in [2.05, 4.69) is 37.4 Å². The minimum atomic E-state index is -4.38. The van der Waals surface area contributed by atoms with Crippen molar-refractivity contribution in [1.82, 2.24) is 25.2 Å². The maximum Gasteiger partial charge on any atom is 0.417 e. The summed E-state index contributed by atoms with van der Waals surface area (Å²) >= 11 is 0. The minimum absolute atomic E-state index is 0.144. The molecule has 1 fully saturated rings. The SMILES string of the molecule is CNC(=O)c1cnc2[nH]ccc2c1N[C@H]1CCN(Cc2ccc(C(F)(F)F)cn2)[C@@H](C)C1. The van der Waals surface area contributed by atoms with Gasteiger partial charge in [-0.15, -0.1) is 0 Å². The van der Waals surface area contributed by atoms with E-state index in [4.69, 9.17) is 0 Å². The lowest BCUT2D eigenvalue weighted by Crippen LogP contribution is -2.44. The molecule has 0 saturated carbocycles. The molecule has 0 spiro atoms. The number of amides is 1. The number of likely N-dealkylation sites (tertiary alicyclic amines) is 1. The van der Waals surface area contributed by atoms with Crippen LogP contribution in [-0.2, 0) is 12.7 Å². The highest BCUT2D eigenvalue weighted by atomic mass is 19.4. The monoisotopic (exact) mass is 446 g/mol. The van der Waals surface area contributed by atoms with Gasteiger partial charge in [0, 0.05) is 56.2 Å². The number of aromatic nitrogens is 3. The number of hydrogen-bond acceptors (Lipinski definition) is 5. The molecule has 2 atom stereocenters. The highest BCUT2D eigenvalue weighted by Crippen LogP contribution is 2.30. The number of halogens is 3. The zero-order valence-corrected chi connectivity index (χ0v) is 17.8. The van der Waals surface area contributed by atoms with E-state index in [1.165, 1.54) is 6.07 Å². The summed E-state index contributed by atoms with van der Waals surface area (Å²) in [5.74, 6) is -0.207. The van der Waals surface area contributed by atoms with Gasteiger partial charge in [0.2, 0.25) is 0 Å². The predicted molar refractivity (Wildman–Crippen MR) is 115 cm³/mol. The molecule has 3 aromatic heterocycles. The van der Waals surface area contributed by atoms with Crippen LogP contribution in [0.15, 0.2) is 36.8 Å². The average Bonchev–Trinajstić information content (AvgIpc) is 3.24. The maximum atomic E-state index is 12.8. The number of aromatic amines is 1. The van der Waals surface area contributed by atoms with Crippen molar-refractivity contribution < 1.29 is 18.0 Å². The van der Waals surface area contributed by atoms with Crippen LogP contribution in [0.25, 0.3) is 11.0 Å². The summed E-state index contributed by atoms with van der Waals surface area (Å²) in [5, 5.41) is 7.06. The number of rotatable bonds is 5. The Kier molecular flexibility index (Phi) is 6.05. The molecule has 0 bridgehead atoms. The number of carbonyl (C=O) groups is 1. The Hall–Kier alpha value is -3.14. The van der Waals surface area contributed by atoms with Gasteiger partial charge in [-0.1, -0.05) is 0 Å². The summed E-state index contributed by atoms with van der Waals surface area (Å²) in [5.41, 5.74) is 1.83. The Morgan fingerprint density at radius 2 is 2.06 bits per heavy atom. The molecule has 0 radical (unpaired) electrons. The molecule has 1 aliphatic rings. The number of carbonyl (C=O) groups excluding carboxylic acids is 1. The molecular weight excluding hydrogens is 421 g/mol. The quantitative estimate of drug-likeness (QED) is 0.555. The van der Waals surface area contributed by atoms with Crippen LogP contribution < -0.4 is 10.6 Å². The van der Waals surface area contributed by atoms with E-state index < -0.39 is 11.7 Å². The van der Waals surface area contributed by atoms with E-state index in [9.17, 15) is 18.0 Å². The summed E-state index contributed by atoms with van der Waals surface area (Å²) in [6, 6.07) is 4.75. The number of piperidine rings is 1. The molecule has 7 nitrogen and oxygen atoms in total. The number of hydrogen-bond donors (Lipinski definition) is 3. The van der Waals surface area contributed by atoms with Crippen LogP contribution >= 0.6 is 0 Å². The first-order valence-corrected chi connectivity index (χ1v) is 10.5. The Labute approximate surface area is 183 Å². The fourth-order valence-electron chi connectivity index (χ4n) is 4.15. The number of fused-ring (bicyclic) bond motifs is 1. The number of alkyl halides is 3. The first-order chi connectivity index (χ1) is 15.3. The van der Waals surface area contributed by atoms with E-state index in [-0.39, 0.29) is 18.0 Å². The van der Waals surface area contributed by atoms with Crippen LogP contribution in [-0.4, -0.2) is 51.4 Å². The molecule has 0 unspecified atom stereocenters. The zero-order valence-electron chi connectivity index (χ0n) is 17.8. The molecule has 4 heterocycles. The van der Waals surface area contributed by atoms with Crippen molar-refractivity contribution in [2.45, 2.75) is 44.6 Å². The van der Waals surface area contributed by atoms with Crippen molar-refractivity contribution >= 4 is 22.6 Å². The summed E-state index contributed by atoms with van der Waals surface area (Å²) in [7, 11) is 1.59. The lowest BCUT2D eigenvalue weighted by atomic mass is 9.97. The molecule has 170 valence electrons.